The van der Waals surface area contributed by atoms with Crippen molar-refractivity contribution < 1.29 is 4.79 Å². The summed E-state index contributed by atoms with van der Waals surface area (Å²) in [4.78, 5) is 14.0. The van der Waals surface area contributed by atoms with E-state index in [0.29, 0.717) is 0 Å². The van der Waals surface area contributed by atoms with Crippen molar-refractivity contribution in [2.45, 2.75) is 46.1 Å². The smallest absolute Gasteiger partial charge is 0.164 e. The van der Waals surface area contributed by atoms with Crippen LogP contribution in [0.5, 0.6) is 0 Å². The Balaban J connectivity index is 4.77. The van der Waals surface area contributed by atoms with E-state index < -0.39 is 0 Å². The summed E-state index contributed by atoms with van der Waals surface area (Å²) in [5, 5.41) is 0. The molecule has 0 fully saturated rings. The molecule has 0 saturated heterocycles. The average Bonchev–Trinajstić information content (AvgIpc) is 2.19. The Bertz CT molecular complexity index is 225. The average molecular weight is 195 g/mol. The molecule has 1 atom stereocenters. The molecule has 0 bridgehead atoms. The Morgan fingerprint density at radius 2 is 1.86 bits per heavy atom. The monoisotopic (exact) mass is 195 g/mol. The van der Waals surface area contributed by atoms with Gasteiger partial charge in [0.25, 0.3) is 0 Å². The van der Waals surface area contributed by atoms with Gasteiger partial charge in [0.2, 0.25) is 0 Å². The molecule has 0 rings (SSSR count). The summed E-state index contributed by atoms with van der Waals surface area (Å²) in [6.45, 7) is 9.93. The quantitative estimate of drug-likeness (QED) is 0.605. The van der Waals surface area contributed by atoms with Crippen molar-refractivity contribution in [3.8, 4) is 12.3 Å². The fourth-order valence-corrected chi connectivity index (χ4v) is 1.80. The van der Waals surface area contributed by atoms with Gasteiger partial charge in [-0.05, 0) is 26.4 Å². The number of Topliss-reactive ketones (excluding diaryl/α,β-unsaturated/α-hetero) is 1. The fraction of sp³-hybridized carbons (Fsp3) is 0.750. The third-order valence-corrected chi connectivity index (χ3v) is 3.01. The van der Waals surface area contributed by atoms with Crippen LogP contribution in [0.2, 0.25) is 0 Å². The van der Waals surface area contributed by atoms with Crippen molar-refractivity contribution >= 4 is 5.78 Å². The molecule has 0 N–H and O–H groups in total. The molecule has 0 aromatic rings. The number of hydrogen-bond acceptors (Lipinski definition) is 2. The molecule has 80 valence electrons. The Kier molecular flexibility index (Phi) is 5.49. The summed E-state index contributed by atoms with van der Waals surface area (Å²) in [5.74, 6) is 2.59. The van der Waals surface area contributed by atoms with Crippen molar-refractivity contribution in [3.63, 3.8) is 0 Å². The fourth-order valence-electron chi connectivity index (χ4n) is 1.80. The Hall–Kier alpha value is -0.810. The Labute approximate surface area is 87.7 Å². The first-order chi connectivity index (χ1) is 6.56. The molecule has 0 saturated carbocycles. The molecule has 14 heavy (non-hydrogen) atoms. The van der Waals surface area contributed by atoms with Gasteiger partial charge in [-0.3, -0.25) is 9.69 Å². The van der Waals surface area contributed by atoms with Crippen LogP contribution >= 0.6 is 0 Å². The summed E-state index contributed by atoms with van der Waals surface area (Å²) >= 11 is 0. The van der Waals surface area contributed by atoms with Crippen molar-refractivity contribution in [1.82, 2.24) is 4.90 Å². The maximum absolute atomic E-state index is 11.9. The highest BCUT2D eigenvalue weighted by Crippen LogP contribution is 2.21. The second-order valence-electron chi connectivity index (χ2n) is 3.60. The van der Waals surface area contributed by atoms with E-state index in [-0.39, 0.29) is 17.7 Å². The summed E-state index contributed by atoms with van der Waals surface area (Å²) in [7, 11) is 0. The third kappa shape index (κ3) is 2.59. The maximum atomic E-state index is 11.9. The van der Waals surface area contributed by atoms with Gasteiger partial charge in [0, 0.05) is 0 Å². The number of likely N-dealkylation sites (N-methyl/N-ethyl adjacent to an activating group) is 1. The molecule has 1 unspecified atom stereocenters. The van der Waals surface area contributed by atoms with Crippen LogP contribution in [0.25, 0.3) is 0 Å². The SMILES string of the molecule is C#CCC(=O)C(C)(CC)N(CC)CC. The molecule has 0 aliphatic rings. The lowest BCUT2D eigenvalue weighted by molar-refractivity contribution is -0.129. The van der Waals surface area contributed by atoms with E-state index in [1.54, 1.807) is 0 Å². The van der Waals surface area contributed by atoms with E-state index in [1.807, 2.05) is 13.8 Å². The van der Waals surface area contributed by atoms with Gasteiger partial charge in [0.15, 0.2) is 5.78 Å². The summed E-state index contributed by atoms with van der Waals surface area (Å²) < 4.78 is 0. The van der Waals surface area contributed by atoms with Gasteiger partial charge in [-0.15, -0.1) is 6.42 Å². The number of ketones is 1. The second kappa shape index (κ2) is 5.82. The van der Waals surface area contributed by atoms with Crippen LogP contribution in [0.15, 0.2) is 0 Å². The lowest BCUT2D eigenvalue weighted by Gasteiger charge is -2.38. The van der Waals surface area contributed by atoms with E-state index in [2.05, 4.69) is 24.7 Å². The zero-order chi connectivity index (χ0) is 11.2. The summed E-state index contributed by atoms with van der Waals surface area (Å²) in [6, 6.07) is 0. The molecule has 0 aliphatic heterocycles. The number of terminal acetylenes is 1. The normalized spacial score (nSPS) is 14.9. The molecule has 0 radical (unpaired) electrons. The number of carbonyl (C=O) groups is 1. The minimum absolute atomic E-state index is 0.159. The third-order valence-electron chi connectivity index (χ3n) is 3.01. The summed E-state index contributed by atoms with van der Waals surface area (Å²) in [6.07, 6.45) is 6.23. The van der Waals surface area contributed by atoms with Crippen LogP contribution in [-0.2, 0) is 4.79 Å². The zero-order valence-electron chi connectivity index (χ0n) is 9.76. The van der Waals surface area contributed by atoms with Gasteiger partial charge in [0.1, 0.15) is 0 Å². The first-order valence-corrected chi connectivity index (χ1v) is 5.28. The molecule has 0 spiro atoms. The van der Waals surface area contributed by atoms with Gasteiger partial charge >= 0.3 is 0 Å². The minimum atomic E-state index is -0.379. The van der Waals surface area contributed by atoms with Crippen molar-refractivity contribution in [3.05, 3.63) is 0 Å². The predicted molar refractivity (Wildman–Crippen MR) is 60.1 cm³/mol. The van der Waals surface area contributed by atoms with Crippen LogP contribution < -0.4 is 0 Å². The molecule has 0 aliphatic carbocycles. The van der Waals surface area contributed by atoms with Gasteiger partial charge in [-0.1, -0.05) is 26.7 Å². The van der Waals surface area contributed by atoms with E-state index in [4.69, 9.17) is 6.42 Å². The van der Waals surface area contributed by atoms with Crippen molar-refractivity contribution in [1.29, 1.82) is 0 Å². The van der Waals surface area contributed by atoms with Gasteiger partial charge in [-0.2, -0.15) is 0 Å². The molecule has 0 heterocycles. The maximum Gasteiger partial charge on any atom is 0.164 e. The first-order valence-electron chi connectivity index (χ1n) is 5.28. The van der Waals surface area contributed by atoms with Crippen molar-refractivity contribution in [2.24, 2.45) is 0 Å². The topological polar surface area (TPSA) is 20.3 Å². The predicted octanol–water partition coefficient (Wildman–Crippen LogP) is 2.09. The lowest BCUT2D eigenvalue weighted by atomic mass is 9.89. The van der Waals surface area contributed by atoms with Crippen LogP contribution in [0.4, 0.5) is 0 Å². The van der Waals surface area contributed by atoms with Crippen LogP contribution in [0.1, 0.15) is 40.5 Å². The van der Waals surface area contributed by atoms with Gasteiger partial charge in [0.05, 0.1) is 12.0 Å². The molecule has 0 aromatic carbocycles. The van der Waals surface area contributed by atoms with E-state index in [9.17, 15) is 4.79 Å². The van der Waals surface area contributed by atoms with E-state index in [0.717, 1.165) is 19.5 Å². The van der Waals surface area contributed by atoms with E-state index in [1.165, 1.54) is 0 Å². The highest BCUT2D eigenvalue weighted by atomic mass is 16.1. The first kappa shape index (κ1) is 13.2. The second-order valence-corrected chi connectivity index (χ2v) is 3.60. The molecular formula is C12H21NO. The number of nitrogens with zero attached hydrogens (tertiary/aromatic N) is 1. The van der Waals surface area contributed by atoms with Gasteiger partial charge < -0.3 is 0 Å². The highest BCUT2D eigenvalue weighted by Gasteiger charge is 2.34. The molecule has 2 heteroatoms. The minimum Gasteiger partial charge on any atom is -0.297 e. The largest absolute Gasteiger partial charge is 0.297 e. The standard InChI is InChI=1S/C12H21NO/c1-6-10-11(14)12(5,7-2)13(8-3)9-4/h1H,7-10H2,2-5H3. The number of rotatable bonds is 6. The Morgan fingerprint density at radius 1 is 1.36 bits per heavy atom. The van der Waals surface area contributed by atoms with Crippen LogP contribution in [0, 0.1) is 12.3 Å². The van der Waals surface area contributed by atoms with E-state index >= 15 is 0 Å². The summed E-state index contributed by atoms with van der Waals surface area (Å²) in [5.41, 5.74) is -0.379. The van der Waals surface area contributed by atoms with Crippen LogP contribution in [-0.4, -0.2) is 29.3 Å². The molecule has 0 amide bonds. The Morgan fingerprint density at radius 3 is 2.14 bits per heavy atom. The van der Waals surface area contributed by atoms with Crippen LogP contribution in [0.3, 0.4) is 0 Å². The lowest BCUT2D eigenvalue weighted by Crippen LogP contribution is -2.51. The van der Waals surface area contributed by atoms with Crippen molar-refractivity contribution in [2.75, 3.05) is 13.1 Å². The molecular weight excluding hydrogens is 174 g/mol. The zero-order valence-corrected chi connectivity index (χ0v) is 9.76. The number of hydrogen-bond donors (Lipinski definition) is 0. The molecule has 2 nitrogen and oxygen atoms in total. The molecule has 0 aromatic heterocycles. The number of carbonyl (C=O) groups excluding carboxylic acids is 1. The highest BCUT2D eigenvalue weighted by molar-refractivity contribution is 5.89. The van der Waals surface area contributed by atoms with Gasteiger partial charge in [-0.25, -0.2) is 0 Å².